The maximum Gasteiger partial charge on any atom is 0.256 e. The monoisotopic (exact) mass is 424 g/mol. The number of fused-ring (bicyclic) bond motifs is 2. The Morgan fingerprint density at radius 2 is 2.00 bits per heavy atom. The summed E-state index contributed by atoms with van der Waals surface area (Å²) in [5.41, 5.74) is 5.13. The Morgan fingerprint density at radius 3 is 2.74 bits per heavy atom. The molecule has 1 aliphatic heterocycles. The molecule has 1 aromatic carbocycles. The van der Waals surface area contributed by atoms with E-state index >= 15 is 0 Å². The maximum absolute atomic E-state index is 14.6. The second kappa shape index (κ2) is 8.67. The van der Waals surface area contributed by atoms with Crippen LogP contribution in [0.3, 0.4) is 0 Å². The molecule has 2 aliphatic rings. The van der Waals surface area contributed by atoms with Crippen LogP contribution in [0.25, 0.3) is 11.1 Å². The van der Waals surface area contributed by atoms with Gasteiger partial charge >= 0.3 is 0 Å². The minimum absolute atomic E-state index is 0.101. The number of nitrogens with one attached hydrogen (secondary N) is 3. The molecule has 0 saturated heterocycles. The SMILES string of the molecule is CCN(CC)CCNC(=O)c1c(C)[nH]c2c1CCC/C2=C1/C(=O)Nc2cccc(F)c21. The molecule has 0 bridgehead atoms. The fourth-order valence-electron chi connectivity index (χ4n) is 4.73. The molecule has 0 spiro atoms. The number of aromatic amines is 1. The number of benzene rings is 1. The Morgan fingerprint density at radius 1 is 1.23 bits per heavy atom. The Labute approximate surface area is 181 Å². The highest BCUT2D eigenvalue weighted by Gasteiger charge is 2.34. The number of nitrogens with zero attached hydrogens (tertiary/aromatic N) is 1. The summed E-state index contributed by atoms with van der Waals surface area (Å²) in [5, 5.41) is 5.81. The smallest absolute Gasteiger partial charge is 0.256 e. The summed E-state index contributed by atoms with van der Waals surface area (Å²) in [6.07, 6.45) is 2.22. The van der Waals surface area contributed by atoms with Crippen LogP contribution in [0.4, 0.5) is 10.1 Å². The lowest BCUT2D eigenvalue weighted by molar-refractivity contribution is -0.110. The summed E-state index contributed by atoms with van der Waals surface area (Å²) in [7, 11) is 0. The van der Waals surface area contributed by atoms with Gasteiger partial charge in [0.15, 0.2) is 0 Å². The minimum atomic E-state index is -0.414. The van der Waals surface area contributed by atoms with Crippen LogP contribution in [-0.2, 0) is 11.2 Å². The van der Waals surface area contributed by atoms with E-state index in [1.165, 1.54) is 6.07 Å². The van der Waals surface area contributed by atoms with Gasteiger partial charge in [-0.2, -0.15) is 0 Å². The van der Waals surface area contributed by atoms with Gasteiger partial charge in [0.05, 0.1) is 16.8 Å². The summed E-state index contributed by atoms with van der Waals surface area (Å²) in [6, 6.07) is 4.67. The summed E-state index contributed by atoms with van der Waals surface area (Å²) >= 11 is 0. The normalized spacial score (nSPS) is 17.5. The van der Waals surface area contributed by atoms with E-state index in [-0.39, 0.29) is 11.8 Å². The van der Waals surface area contributed by atoms with Crippen LogP contribution >= 0.6 is 0 Å². The predicted molar refractivity (Wildman–Crippen MR) is 120 cm³/mol. The second-order valence-corrected chi connectivity index (χ2v) is 8.08. The zero-order valence-corrected chi connectivity index (χ0v) is 18.3. The third kappa shape index (κ3) is 3.78. The molecule has 0 saturated carbocycles. The molecule has 0 atom stereocenters. The van der Waals surface area contributed by atoms with E-state index in [4.69, 9.17) is 0 Å². The van der Waals surface area contributed by atoms with Crippen LogP contribution in [0.15, 0.2) is 18.2 Å². The standard InChI is InChI=1S/C24H29FN4O2/c1-4-29(5-2)13-12-26-23(30)19-14(3)27-22-15(19)8-6-9-16(22)20-21-17(25)10-7-11-18(21)28-24(20)31/h7,10-11,27H,4-6,8-9,12-13H2,1-3H3,(H,26,30)(H,28,31)/b20-16-. The molecule has 7 heteroatoms. The second-order valence-electron chi connectivity index (χ2n) is 8.08. The number of rotatable bonds is 6. The molecule has 164 valence electrons. The van der Waals surface area contributed by atoms with Crippen LogP contribution in [0, 0.1) is 12.7 Å². The minimum Gasteiger partial charge on any atom is -0.358 e. The van der Waals surface area contributed by atoms with Gasteiger partial charge in [0.25, 0.3) is 11.8 Å². The van der Waals surface area contributed by atoms with Crippen LogP contribution in [-0.4, -0.2) is 47.9 Å². The molecule has 0 fully saturated rings. The van der Waals surface area contributed by atoms with Crippen molar-refractivity contribution in [2.75, 3.05) is 31.5 Å². The van der Waals surface area contributed by atoms with E-state index in [1.807, 2.05) is 6.92 Å². The maximum atomic E-state index is 14.6. The van der Waals surface area contributed by atoms with Crippen molar-refractivity contribution in [2.45, 2.75) is 40.0 Å². The molecule has 6 nitrogen and oxygen atoms in total. The van der Waals surface area contributed by atoms with Crippen molar-refractivity contribution in [3.63, 3.8) is 0 Å². The van der Waals surface area contributed by atoms with Crippen molar-refractivity contribution >= 4 is 28.6 Å². The number of carbonyl (C=O) groups excluding carboxylic acids is 2. The fourth-order valence-corrected chi connectivity index (χ4v) is 4.73. The van der Waals surface area contributed by atoms with Crippen LogP contribution in [0.2, 0.25) is 0 Å². The first-order valence-electron chi connectivity index (χ1n) is 11.0. The lowest BCUT2D eigenvalue weighted by atomic mass is 9.86. The molecular formula is C24H29FN4O2. The van der Waals surface area contributed by atoms with Gasteiger partial charge in [-0.05, 0) is 62.5 Å². The van der Waals surface area contributed by atoms with E-state index in [2.05, 4.69) is 34.4 Å². The average Bonchev–Trinajstić information content (AvgIpc) is 3.27. The zero-order chi connectivity index (χ0) is 22.1. The van der Waals surface area contributed by atoms with Gasteiger partial charge in [0.1, 0.15) is 5.82 Å². The van der Waals surface area contributed by atoms with E-state index < -0.39 is 5.82 Å². The highest BCUT2D eigenvalue weighted by Crippen LogP contribution is 2.43. The predicted octanol–water partition coefficient (Wildman–Crippen LogP) is 3.73. The number of likely N-dealkylation sites (N-methyl/N-ethyl adjacent to an activating group) is 1. The highest BCUT2D eigenvalue weighted by atomic mass is 19.1. The summed E-state index contributed by atoms with van der Waals surface area (Å²) in [6.45, 7) is 9.36. The van der Waals surface area contributed by atoms with Gasteiger partial charge in [-0.3, -0.25) is 9.59 Å². The number of amides is 2. The third-order valence-corrected chi connectivity index (χ3v) is 6.32. The van der Waals surface area contributed by atoms with Gasteiger partial charge < -0.3 is 20.5 Å². The van der Waals surface area contributed by atoms with Crippen molar-refractivity contribution in [1.82, 2.24) is 15.2 Å². The molecule has 2 heterocycles. The lowest BCUT2D eigenvalue weighted by Gasteiger charge is -2.19. The van der Waals surface area contributed by atoms with Crippen LogP contribution in [0.5, 0.6) is 0 Å². The van der Waals surface area contributed by atoms with Crippen molar-refractivity contribution in [2.24, 2.45) is 0 Å². The molecule has 2 aromatic rings. The molecule has 0 unspecified atom stereocenters. The first-order chi connectivity index (χ1) is 15.0. The summed E-state index contributed by atoms with van der Waals surface area (Å²) in [4.78, 5) is 31.3. The quantitative estimate of drug-likeness (QED) is 0.619. The Bertz CT molecular complexity index is 1070. The summed E-state index contributed by atoms with van der Waals surface area (Å²) in [5.74, 6) is -0.806. The van der Waals surface area contributed by atoms with Gasteiger partial charge in [-0.15, -0.1) is 0 Å². The van der Waals surface area contributed by atoms with Gasteiger partial charge in [-0.1, -0.05) is 19.9 Å². The molecule has 0 radical (unpaired) electrons. The Hall–Kier alpha value is -2.93. The van der Waals surface area contributed by atoms with E-state index in [1.54, 1.807) is 12.1 Å². The molecule has 1 aliphatic carbocycles. The van der Waals surface area contributed by atoms with E-state index in [0.29, 0.717) is 35.4 Å². The Kier molecular flexibility index (Phi) is 5.96. The number of halogens is 1. The fraction of sp³-hybridized carbons (Fsp3) is 0.417. The zero-order valence-electron chi connectivity index (χ0n) is 18.3. The van der Waals surface area contributed by atoms with Crippen molar-refractivity contribution in [3.8, 4) is 0 Å². The number of H-pyrrole nitrogens is 1. The first-order valence-corrected chi connectivity index (χ1v) is 11.0. The molecule has 2 amide bonds. The van der Waals surface area contributed by atoms with Gasteiger partial charge in [0.2, 0.25) is 0 Å². The Balaban J connectivity index is 1.69. The highest BCUT2D eigenvalue weighted by molar-refractivity contribution is 6.37. The molecule has 4 rings (SSSR count). The largest absolute Gasteiger partial charge is 0.358 e. The molecule has 1 aromatic heterocycles. The number of aromatic nitrogens is 1. The number of hydrogen-bond acceptors (Lipinski definition) is 3. The number of allylic oxidation sites excluding steroid dienone is 1. The molecule has 3 N–H and O–H groups in total. The first kappa shape index (κ1) is 21.3. The van der Waals surface area contributed by atoms with E-state index in [9.17, 15) is 14.0 Å². The van der Waals surface area contributed by atoms with Crippen molar-refractivity contribution < 1.29 is 14.0 Å². The average molecular weight is 425 g/mol. The lowest BCUT2D eigenvalue weighted by Crippen LogP contribution is -2.35. The summed E-state index contributed by atoms with van der Waals surface area (Å²) < 4.78 is 14.6. The van der Waals surface area contributed by atoms with Crippen LogP contribution < -0.4 is 10.6 Å². The van der Waals surface area contributed by atoms with Crippen molar-refractivity contribution in [1.29, 1.82) is 0 Å². The third-order valence-electron chi connectivity index (χ3n) is 6.32. The number of anilines is 1. The van der Waals surface area contributed by atoms with Gasteiger partial charge in [-0.25, -0.2) is 4.39 Å². The molecule has 31 heavy (non-hydrogen) atoms. The number of hydrogen-bond donors (Lipinski definition) is 3. The topological polar surface area (TPSA) is 77.2 Å². The van der Waals surface area contributed by atoms with E-state index in [0.717, 1.165) is 55.0 Å². The molecular weight excluding hydrogens is 395 g/mol. The van der Waals surface area contributed by atoms with Crippen molar-refractivity contribution in [3.05, 3.63) is 52.1 Å². The van der Waals surface area contributed by atoms with Gasteiger partial charge in [0, 0.05) is 30.0 Å². The number of aryl methyl sites for hydroxylation is 1. The number of carbonyl (C=O) groups is 2. The van der Waals surface area contributed by atoms with Crippen LogP contribution in [0.1, 0.15) is 59.6 Å².